The number of nitrogens with zero attached hydrogens (tertiary/aromatic N) is 1. The molecule has 2 aromatic carbocycles. The Morgan fingerprint density at radius 3 is 2.43 bits per heavy atom. The van der Waals surface area contributed by atoms with Gasteiger partial charge in [0.05, 0.1) is 11.7 Å². The number of hydrogen-bond acceptors (Lipinski definition) is 3. The van der Waals surface area contributed by atoms with Gasteiger partial charge in [-0.3, -0.25) is 4.98 Å². The smallest absolute Gasteiger partial charge is 0.419 e. The summed E-state index contributed by atoms with van der Waals surface area (Å²) in [4.78, 5) is 3.99. The van der Waals surface area contributed by atoms with E-state index >= 15 is 0 Å². The molecule has 1 heterocycles. The molecular weight excluding hydrogens is 367 g/mol. The Balaban J connectivity index is 1.69. The maximum absolute atomic E-state index is 13.5. The number of benzene rings is 2. The first-order chi connectivity index (χ1) is 13.4. The van der Waals surface area contributed by atoms with Crippen molar-refractivity contribution in [3.05, 3.63) is 84.2 Å². The molecule has 146 valence electrons. The third-order valence-electron chi connectivity index (χ3n) is 4.31. The molecule has 1 aromatic heterocycles. The van der Waals surface area contributed by atoms with Gasteiger partial charge in [0.25, 0.3) is 0 Å². The van der Waals surface area contributed by atoms with Crippen molar-refractivity contribution in [1.82, 2.24) is 4.98 Å². The van der Waals surface area contributed by atoms with Crippen molar-refractivity contribution in [3.8, 4) is 16.9 Å². The van der Waals surface area contributed by atoms with E-state index in [1.165, 1.54) is 6.07 Å². The number of aliphatic hydroxyl groups excluding tert-OH is 1. The van der Waals surface area contributed by atoms with Crippen molar-refractivity contribution in [2.75, 3.05) is 6.61 Å². The average Bonchev–Trinajstić information content (AvgIpc) is 2.71. The van der Waals surface area contributed by atoms with E-state index in [-0.39, 0.29) is 12.4 Å². The van der Waals surface area contributed by atoms with E-state index < -0.39 is 17.8 Å². The topological polar surface area (TPSA) is 42.4 Å². The van der Waals surface area contributed by atoms with Crippen LogP contribution in [0.15, 0.2) is 73.1 Å². The third-order valence-corrected chi connectivity index (χ3v) is 4.31. The van der Waals surface area contributed by atoms with E-state index in [0.29, 0.717) is 24.0 Å². The third kappa shape index (κ3) is 5.33. The lowest BCUT2D eigenvalue weighted by molar-refractivity contribution is -0.139. The van der Waals surface area contributed by atoms with Crippen LogP contribution in [0.3, 0.4) is 0 Å². The fraction of sp³-hybridized carbons (Fsp3) is 0.227. The van der Waals surface area contributed by atoms with Crippen LogP contribution >= 0.6 is 0 Å². The molecule has 1 atom stereocenters. The molecule has 28 heavy (non-hydrogen) atoms. The van der Waals surface area contributed by atoms with Crippen molar-refractivity contribution in [2.45, 2.75) is 25.1 Å². The van der Waals surface area contributed by atoms with Crippen LogP contribution in [0.4, 0.5) is 13.2 Å². The second-order valence-corrected chi connectivity index (χ2v) is 6.44. The number of ether oxygens (including phenoxy) is 1. The Labute approximate surface area is 161 Å². The minimum Gasteiger partial charge on any atom is -0.490 e. The van der Waals surface area contributed by atoms with Gasteiger partial charge in [-0.2, -0.15) is 13.2 Å². The van der Waals surface area contributed by atoms with Crippen LogP contribution in [0.2, 0.25) is 0 Å². The Bertz CT molecular complexity index is 883. The molecule has 3 aromatic rings. The van der Waals surface area contributed by atoms with E-state index in [4.69, 9.17) is 4.74 Å². The van der Waals surface area contributed by atoms with Gasteiger partial charge in [0.1, 0.15) is 12.4 Å². The van der Waals surface area contributed by atoms with Gasteiger partial charge in [0.2, 0.25) is 0 Å². The number of hydrogen-bond donors (Lipinski definition) is 1. The summed E-state index contributed by atoms with van der Waals surface area (Å²) >= 11 is 0. The van der Waals surface area contributed by atoms with Gasteiger partial charge >= 0.3 is 6.18 Å². The lowest BCUT2D eigenvalue weighted by atomic mass is 10.0. The van der Waals surface area contributed by atoms with Crippen LogP contribution in [0.5, 0.6) is 5.75 Å². The second-order valence-electron chi connectivity index (χ2n) is 6.44. The van der Waals surface area contributed by atoms with Gasteiger partial charge in [-0.1, -0.05) is 42.5 Å². The zero-order valence-electron chi connectivity index (χ0n) is 15.1. The van der Waals surface area contributed by atoms with Gasteiger partial charge in [0, 0.05) is 12.4 Å². The summed E-state index contributed by atoms with van der Waals surface area (Å²) < 4.78 is 45.8. The van der Waals surface area contributed by atoms with Crippen LogP contribution in [0.25, 0.3) is 11.1 Å². The molecule has 3 nitrogen and oxygen atoms in total. The maximum atomic E-state index is 13.5. The van der Waals surface area contributed by atoms with Crippen LogP contribution < -0.4 is 4.74 Å². The Hall–Kier alpha value is -2.86. The SMILES string of the molecule is OC(CCc1cccnc1)COc1ccc(-c2ccccc2)cc1C(F)(F)F. The van der Waals surface area contributed by atoms with E-state index in [9.17, 15) is 18.3 Å². The summed E-state index contributed by atoms with van der Waals surface area (Å²) in [5.74, 6) is -0.285. The summed E-state index contributed by atoms with van der Waals surface area (Å²) in [5.41, 5.74) is 1.24. The monoisotopic (exact) mass is 387 g/mol. The average molecular weight is 387 g/mol. The van der Waals surface area contributed by atoms with Crippen LogP contribution in [0, 0.1) is 0 Å². The highest BCUT2D eigenvalue weighted by Crippen LogP contribution is 2.38. The van der Waals surface area contributed by atoms with E-state index in [1.807, 2.05) is 6.07 Å². The number of halogens is 3. The summed E-state index contributed by atoms with van der Waals surface area (Å²) in [6, 6.07) is 16.5. The summed E-state index contributed by atoms with van der Waals surface area (Å²) in [5, 5.41) is 10.1. The Kier molecular flexibility index (Phi) is 6.31. The Morgan fingerprint density at radius 1 is 0.964 bits per heavy atom. The molecular formula is C22H20F3NO2. The highest BCUT2D eigenvalue weighted by atomic mass is 19.4. The predicted molar refractivity (Wildman–Crippen MR) is 101 cm³/mol. The molecule has 3 rings (SSSR count). The lowest BCUT2D eigenvalue weighted by Crippen LogP contribution is -2.20. The van der Waals surface area contributed by atoms with Gasteiger partial charge in [-0.25, -0.2) is 0 Å². The second kappa shape index (κ2) is 8.89. The molecule has 0 aliphatic carbocycles. The van der Waals surface area contributed by atoms with Crippen molar-refractivity contribution in [3.63, 3.8) is 0 Å². The van der Waals surface area contributed by atoms with Crippen molar-refractivity contribution in [1.29, 1.82) is 0 Å². The number of pyridine rings is 1. The van der Waals surface area contributed by atoms with E-state index in [1.54, 1.807) is 54.9 Å². The van der Waals surface area contributed by atoms with Crippen LogP contribution in [-0.2, 0) is 12.6 Å². The van der Waals surface area contributed by atoms with Crippen molar-refractivity contribution < 1.29 is 23.0 Å². The molecule has 0 spiro atoms. The normalized spacial score (nSPS) is 12.6. The quantitative estimate of drug-likeness (QED) is 0.610. The first kappa shape index (κ1) is 19.9. The standard InChI is InChI=1S/C22H20F3NO2/c23-22(24,25)20-13-18(17-6-2-1-3-7-17)9-11-21(20)28-15-19(27)10-8-16-5-4-12-26-14-16/h1-7,9,11-14,19,27H,8,10,15H2. The van der Waals surface area contributed by atoms with Gasteiger partial charge < -0.3 is 9.84 Å². The molecule has 0 radical (unpaired) electrons. The molecule has 0 saturated carbocycles. The zero-order valence-corrected chi connectivity index (χ0v) is 15.1. The van der Waals surface area contributed by atoms with Gasteiger partial charge in [-0.05, 0) is 47.7 Å². The molecule has 0 aliphatic rings. The molecule has 1 unspecified atom stereocenters. The highest BCUT2D eigenvalue weighted by Gasteiger charge is 2.35. The molecule has 0 bridgehead atoms. The zero-order chi connectivity index (χ0) is 20.0. The van der Waals surface area contributed by atoms with Crippen molar-refractivity contribution >= 4 is 0 Å². The highest BCUT2D eigenvalue weighted by molar-refractivity contribution is 5.66. The summed E-state index contributed by atoms with van der Waals surface area (Å²) in [7, 11) is 0. The molecule has 0 fully saturated rings. The van der Waals surface area contributed by atoms with Crippen molar-refractivity contribution in [2.24, 2.45) is 0 Å². The van der Waals surface area contributed by atoms with E-state index in [2.05, 4.69) is 4.98 Å². The fourth-order valence-electron chi connectivity index (χ4n) is 2.84. The number of aromatic nitrogens is 1. The lowest BCUT2D eigenvalue weighted by Gasteiger charge is -2.17. The van der Waals surface area contributed by atoms with Crippen LogP contribution in [-0.4, -0.2) is 22.8 Å². The van der Waals surface area contributed by atoms with E-state index in [0.717, 1.165) is 11.6 Å². The summed E-state index contributed by atoms with van der Waals surface area (Å²) in [6.07, 6.45) is -1.15. The van der Waals surface area contributed by atoms with Gasteiger partial charge in [-0.15, -0.1) is 0 Å². The number of rotatable bonds is 7. The summed E-state index contributed by atoms with van der Waals surface area (Å²) in [6.45, 7) is -0.214. The minimum absolute atomic E-state index is 0.214. The van der Waals surface area contributed by atoms with Gasteiger partial charge in [0.15, 0.2) is 0 Å². The molecule has 0 amide bonds. The maximum Gasteiger partial charge on any atom is 0.419 e. The van der Waals surface area contributed by atoms with Crippen LogP contribution in [0.1, 0.15) is 17.5 Å². The fourth-order valence-corrected chi connectivity index (χ4v) is 2.84. The number of aliphatic hydroxyl groups is 1. The molecule has 6 heteroatoms. The molecule has 1 N–H and O–H groups in total. The Morgan fingerprint density at radius 2 is 1.75 bits per heavy atom. The minimum atomic E-state index is -4.55. The number of aryl methyl sites for hydroxylation is 1. The first-order valence-electron chi connectivity index (χ1n) is 8.90. The molecule has 0 saturated heterocycles. The number of alkyl halides is 3. The molecule has 0 aliphatic heterocycles. The largest absolute Gasteiger partial charge is 0.490 e. The predicted octanol–water partition coefficient (Wildman–Crippen LogP) is 5.14. The first-order valence-corrected chi connectivity index (χ1v) is 8.90.